The van der Waals surface area contributed by atoms with Crippen molar-refractivity contribution in [2.75, 3.05) is 6.61 Å². The summed E-state index contributed by atoms with van der Waals surface area (Å²) in [6, 6.07) is 3.82. The lowest BCUT2D eigenvalue weighted by atomic mass is 9.93. The second-order valence-electron chi connectivity index (χ2n) is 3.80. The van der Waals surface area contributed by atoms with Gasteiger partial charge in [0, 0.05) is 23.5 Å². The highest BCUT2D eigenvalue weighted by Gasteiger charge is 2.18. The van der Waals surface area contributed by atoms with E-state index in [0.29, 0.717) is 6.61 Å². The Hall–Kier alpha value is -1.90. The number of hydrogen-bond acceptors (Lipinski definition) is 3. The normalized spacial score (nSPS) is 14.9. The summed E-state index contributed by atoms with van der Waals surface area (Å²) in [5.74, 6) is -0.212. The maximum absolute atomic E-state index is 11.8. The Bertz CT molecular complexity index is 460. The SMILES string of the molecule is CCOC(=O)C1=C(c2cccnc2)C=CCC1. The first-order valence-electron chi connectivity index (χ1n) is 5.80. The van der Waals surface area contributed by atoms with Crippen LogP contribution in [0.5, 0.6) is 0 Å². The van der Waals surface area contributed by atoms with Gasteiger partial charge in [-0.15, -0.1) is 0 Å². The molecule has 0 bridgehead atoms. The van der Waals surface area contributed by atoms with Gasteiger partial charge in [0.15, 0.2) is 0 Å². The van der Waals surface area contributed by atoms with Crippen molar-refractivity contribution < 1.29 is 9.53 Å². The molecule has 1 heterocycles. The first-order chi connectivity index (χ1) is 8.33. The molecule has 0 saturated heterocycles. The highest BCUT2D eigenvalue weighted by atomic mass is 16.5. The van der Waals surface area contributed by atoms with Crippen LogP contribution >= 0.6 is 0 Å². The molecule has 1 aromatic heterocycles. The highest BCUT2D eigenvalue weighted by Crippen LogP contribution is 2.27. The third-order valence-electron chi connectivity index (χ3n) is 2.67. The van der Waals surface area contributed by atoms with E-state index in [2.05, 4.69) is 11.1 Å². The molecule has 3 heteroatoms. The summed E-state index contributed by atoms with van der Waals surface area (Å²) in [7, 11) is 0. The van der Waals surface area contributed by atoms with Crippen LogP contribution in [0.1, 0.15) is 25.3 Å². The van der Waals surface area contributed by atoms with E-state index in [-0.39, 0.29) is 5.97 Å². The van der Waals surface area contributed by atoms with Gasteiger partial charge in [0.2, 0.25) is 0 Å². The Balaban J connectivity index is 2.39. The molecular formula is C14H15NO2. The molecule has 1 aliphatic rings. The number of esters is 1. The van der Waals surface area contributed by atoms with Crippen LogP contribution in [0.2, 0.25) is 0 Å². The first-order valence-corrected chi connectivity index (χ1v) is 5.80. The maximum atomic E-state index is 11.8. The van der Waals surface area contributed by atoms with Gasteiger partial charge in [0.25, 0.3) is 0 Å². The number of nitrogens with zero attached hydrogens (tertiary/aromatic N) is 1. The van der Waals surface area contributed by atoms with E-state index in [0.717, 1.165) is 29.6 Å². The van der Waals surface area contributed by atoms with Crippen molar-refractivity contribution in [1.29, 1.82) is 0 Å². The van der Waals surface area contributed by atoms with E-state index in [1.165, 1.54) is 0 Å². The lowest BCUT2D eigenvalue weighted by molar-refractivity contribution is -0.138. The minimum absolute atomic E-state index is 0.212. The van der Waals surface area contributed by atoms with Crippen molar-refractivity contribution in [3.05, 3.63) is 47.8 Å². The first kappa shape index (κ1) is 11.6. The minimum Gasteiger partial charge on any atom is -0.463 e. The average Bonchev–Trinajstić information content (AvgIpc) is 2.40. The molecule has 0 spiro atoms. The topological polar surface area (TPSA) is 39.2 Å². The predicted octanol–water partition coefficient (Wildman–Crippen LogP) is 2.75. The van der Waals surface area contributed by atoms with Gasteiger partial charge >= 0.3 is 5.97 Å². The van der Waals surface area contributed by atoms with Crippen molar-refractivity contribution in [3.63, 3.8) is 0 Å². The molecule has 3 nitrogen and oxygen atoms in total. The second kappa shape index (κ2) is 5.43. The molecule has 2 rings (SSSR count). The molecule has 0 aliphatic heterocycles. The van der Waals surface area contributed by atoms with Crippen molar-refractivity contribution >= 4 is 11.5 Å². The van der Waals surface area contributed by atoms with Gasteiger partial charge in [-0.25, -0.2) is 4.79 Å². The fourth-order valence-electron chi connectivity index (χ4n) is 1.89. The Kier molecular flexibility index (Phi) is 3.70. The molecule has 0 aromatic carbocycles. The van der Waals surface area contributed by atoms with E-state index >= 15 is 0 Å². The average molecular weight is 229 g/mol. The van der Waals surface area contributed by atoms with E-state index in [1.807, 2.05) is 25.1 Å². The Morgan fingerprint density at radius 1 is 1.53 bits per heavy atom. The molecular weight excluding hydrogens is 214 g/mol. The van der Waals surface area contributed by atoms with Gasteiger partial charge in [0.05, 0.1) is 6.61 Å². The van der Waals surface area contributed by atoms with Gasteiger partial charge in [0.1, 0.15) is 0 Å². The molecule has 17 heavy (non-hydrogen) atoms. The molecule has 88 valence electrons. The molecule has 0 unspecified atom stereocenters. The largest absolute Gasteiger partial charge is 0.463 e. The molecule has 0 atom stereocenters. The predicted molar refractivity (Wildman–Crippen MR) is 66.2 cm³/mol. The summed E-state index contributed by atoms with van der Waals surface area (Å²) in [4.78, 5) is 15.9. The van der Waals surface area contributed by atoms with Crippen molar-refractivity contribution in [2.45, 2.75) is 19.8 Å². The van der Waals surface area contributed by atoms with E-state index < -0.39 is 0 Å². The van der Waals surface area contributed by atoms with Crippen LogP contribution in [0.25, 0.3) is 5.57 Å². The van der Waals surface area contributed by atoms with Crippen molar-refractivity contribution in [3.8, 4) is 0 Å². The van der Waals surface area contributed by atoms with Gasteiger partial charge in [-0.05, 0) is 31.4 Å². The lowest BCUT2D eigenvalue weighted by Crippen LogP contribution is -2.11. The Morgan fingerprint density at radius 2 is 2.41 bits per heavy atom. The summed E-state index contributed by atoms with van der Waals surface area (Å²) >= 11 is 0. The second-order valence-corrected chi connectivity index (χ2v) is 3.80. The summed E-state index contributed by atoms with van der Waals surface area (Å²) in [6.07, 6.45) is 9.17. The van der Waals surface area contributed by atoms with Crippen LogP contribution < -0.4 is 0 Å². The van der Waals surface area contributed by atoms with E-state index in [4.69, 9.17) is 4.74 Å². The fourth-order valence-corrected chi connectivity index (χ4v) is 1.89. The molecule has 0 amide bonds. The quantitative estimate of drug-likeness (QED) is 0.748. The summed E-state index contributed by atoms with van der Waals surface area (Å²) in [6.45, 7) is 2.23. The zero-order valence-corrected chi connectivity index (χ0v) is 9.85. The number of hydrogen-bond donors (Lipinski definition) is 0. The molecule has 0 radical (unpaired) electrons. The van der Waals surface area contributed by atoms with Crippen LogP contribution in [-0.2, 0) is 9.53 Å². The number of allylic oxidation sites excluding steroid dienone is 3. The zero-order chi connectivity index (χ0) is 12.1. The third-order valence-corrected chi connectivity index (χ3v) is 2.67. The van der Waals surface area contributed by atoms with Crippen LogP contribution in [-0.4, -0.2) is 17.6 Å². The summed E-state index contributed by atoms with van der Waals surface area (Å²) in [5.41, 5.74) is 2.65. The molecule has 0 saturated carbocycles. The van der Waals surface area contributed by atoms with Gasteiger partial charge in [-0.2, -0.15) is 0 Å². The monoisotopic (exact) mass is 229 g/mol. The Labute approximate surface area is 101 Å². The molecule has 0 fully saturated rings. The maximum Gasteiger partial charge on any atom is 0.334 e. The lowest BCUT2D eigenvalue weighted by Gasteiger charge is -2.14. The number of carbonyl (C=O) groups is 1. The number of rotatable bonds is 3. The van der Waals surface area contributed by atoms with Gasteiger partial charge in [-0.1, -0.05) is 18.2 Å². The molecule has 0 N–H and O–H groups in total. The van der Waals surface area contributed by atoms with Crippen LogP contribution in [0.15, 0.2) is 42.3 Å². The standard InChI is InChI=1S/C14H15NO2/c1-2-17-14(16)13-8-4-3-7-12(13)11-6-5-9-15-10-11/h3,5-7,9-10H,2,4,8H2,1H3. The van der Waals surface area contributed by atoms with E-state index in [9.17, 15) is 4.79 Å². The number of ether oxygens (including phenoxy) is 1. The fraction of sp³-hybridized carbons (Fsp3) is 0.286. The van der Waals surface area contributed by atoms with Crippen LogP contribution in [0.3, 0.4) is 0 Å². The van der Waals surface area contributed by atoms with Crippen LogP contribution in [0.4, 0.5) is 0 Å². The minimum atomic E-state index is -0.212. The number of carbonyl (C=O) groups excluding carboxylic acids is 1. The van der Waals surface area contributed by atoms with Gasteiger partial charge in [-0.3, -0.25) is 4.98 Å². The molecule has 1 aromatic rings. The summed E-state index contributed by atoms with van der Waals surface area (Å²) < 4.78 is 5.08. The van der Waals surface area contributed by atoms with Gasteiger partial charge < -0.3 is 4.74 Å². The summed E-state index contributed by atoms with van der Waals surface area (Å²) in [5, 5.41) is 0. The van der Waals surface area contributed by atoms with E-state index in [1.54, 1.807) is 12.4 Å². The van der Waals surface area contributed by atoms with Crippen molar-refractivity contribution in [2.24, 2.45) is 0 Å². The number of aromatic nitrogens is 1. The third kappa shape index (κ3) is 2.61. The molecule has 1 aliphatic carbocycles. The Morgan fingerprint density at radius 3 is 3.12 bits per heavy atom. The smallest absolute Gasteiger partial charge is 0.334 e. The van der Waals surface area contributed by atoms with Crippen molar-refractivity contribution in [1.82, 2.24) is 4.98 Å². The van der Waals surface area contributed by atoms with Crippen LogP contribution in [0, 0.1) is 0 Å². The zero-order valence-electron chi connectivity index (χ0n) is 9.85. The number of pyridine rings is 1. The highest BCUT2D eigenvalue weighted by molar-refractivity contribution is 6.00.